The third kappa shape index (κ3) is 2.62. The van der Waals surface area contributed by atoms with Crippen molar-refractivity contribution in [2.24, 2.45) is 0 Å². The van der Waals surface area contributed by atoms with Crippen molar-refractivity contribution in [2.75, 3.05) is 0 Å². The summed E-state index contributed by atoms with van der Waals surface area (Å²) in [7, 11) is 0. The molecule has 0 aliphatic heterocycles. The largest absolute Gasteiger partial charge is 0.350 e. The summed E-state index contributed by atoms with van der Waals surface area (Å²) in [5.74, 6) is 0. The van der Waals surface area contributed by atoms with Crippen molar-refractivity contribution < 1.29 is 0 Å². The van der Waals surface area contributed by atoms with Crippen molar-refractivity contribution in [2.45, 2.75) is 6.54 Å². The van der Waals surface area contributed by atoms with E-state index in [-0.39, 0.29) is 5.43 Å². The van der Waals surface area contributed by atoms with Gasteiger partial charge in [0.25, 0.3) is 0 Å². The Hall–Kier alpha value is -1.32. The summed E-state index contributed by atoms with van der Waals surface area (Å²) in [4.78, 5) is 14.9. The quantitative estimate of drug-likeness (QED) is 0.773. The van der Waals surface area contributed by atoms with Crippen molar-refractivity contribution in [1.29, 1.82) is 0 Å². The first-order valence-electron chi connectivity index (χ1n) is 4.62. The normalized spacial score (nSPS) is 10.4. The highest BCUT2D eigenvalue weighted by molar-refractivity contribution is 6.32. The maximum atomic E-state index is 10.9. The highest BCUT2D eigenvalue weighted by atomic mass is 35.5. The third-order valence-corrected chi connectivity index (χ3v) is 2.64. The number of hydrogen-bond donors (Lipinski definition) is 0. The van der Waals surface area contributed by atoms with Gasteiger partial charge >= 0.3 is 0 Å². The van der Waals surface area contributed by atoms with Crippen LogP contribution in [0.3, 0.4) is 0 Å². The van der Waals surface area contributed by atoms with E-state index in [4.69, 9.17) is 23.2 Å². The molecule has 0 saturated carbocycles. The molecule has 5 heteroatoms. The number of halogens is 2. The van der Waals surface area contributed by atoms with E-state index < -0.39 is 0 Å². The Morgan fingerprint density at radius 2 is 1.81 bits per heavy atom. The zero-order valence-corrected chi connectivity index (χ0v) is 9.74. The Labute approximate surface area is 102 Å². The van der Waals surface area contributed by atoms with Crippen LogP contribution in [0.1, 0.15) is 5.56 Å². The van der Waals surface area contributed by atoms with Crippen LogP contribution in [0.5, 0.6) is 0 Å². The van der Waals surface area contributed by atoms with Crippen LogP contribution in [0.25, 0.3) is 0 Å². The number of aromatic nitrogens is 2. The van der Waals surface area contributed by atoms with Crippen molar-refractivity contribution in [3.8, 4) is 0 Å². The van der Waals surface area contributed by atoms with E-state index in [1.165, 1.54) is 12.1 Å². The van der Waals surface area contributed by atoms with Gasteiger partial charge in [-0.3, -0.25) is 4.79 Å². The molecule has 0 bridgehead atoms. The smallest absolute Gasteiger partial charge is 0.181 e. The molecule has 0 atom stereocenters. The van der Waals surface area contributed by atoms with Crippen LogP contribution < -0.4 is 5.43 Å². The monoisotopic (exact) mass is 254 g/mol. The lowest BCUT2D eigenvalue weighted by Crippen LogP contribution is -2.05. The summed E-state index contributed by atoms with van der Waals surface area (Å²) < 4.78 is 1.85. The molecule has 0 N–H and O–H groups in total. The highest BCUT2D eigenvalue weighted by Gasteiger charge is 2.02. The minimum absolute atomic E-state index is 0.0171. The van der Waals surface area contributed by atoms with E-state index in [0.29, 0.717) is 16.9 Å². The first-order valence-corrected chi connectivity index (χ1v) is 5.38. The third-order valence-electron chi connectivity index (χ3n) is 2.11. The lowest BCUT2D eigenvalue weighted by molar-refractivity contribution is 0.785. The Morgan fingerprint density at radius 1 is 1.12 bits per heavy atom. The minimum atomic E-state index is -0.0171. The average Bonchev–Trinajstić information content (AvgIpc) is 2.25. The molecule has 0 aliphatic carbocycles. The van der Waals surface area contributed by atoms with Gasteiger partial charge in [-0.2, -0.15) is 0 Å². The van der Waals surface area contributed by atoms with E-state index in [1.807, 2.05) is 10.6 Å². The molecule has 2 heterocycles. The highest BCUT2D eigenvalue weighted by Crippen LogP contribution is 2.17. The molecule has 2 rings (SSSR count). The van der Waals surface area contributed by atoms with E-state index in [2.05, 4.69) is 4.98 Å². The second-order valence-electron chi connectivity index (χ2n) is 3.29. The Bertz CT molecular complexity index is 546. The molecule has 3 nitrogen and oxygen atoms in total. The van der Waals surface area contributed by atoms with Crippen molar-refractivity contribution in [3.63, 3.8) is 0 Å². The summed E-state index contributed by atoms with van der Waals surface area (Å²) >= 11 is 11.6. The molecule has 0 spiro atoms. The first kappa shape index (κ1) is 11.2. The van der Waals surface area contributed by atoms with E-state index in [9.17, 15) is 4.79 Å². The van der Waals surface area contributed by atoms with Crippen LogP contribution in [0.15, 0.2) is 41.5 Å². The van der Waals surface area contributed by atoms with Gasteiger partial charge in [-0.25, -0.2) is 4.98 Å². The molecule has 2 aromatic heterocycles. The molecule has 0 aliphatic rings. The van der Waals surface area contributed by atoms with Crippen LogP contribution in [-0.4, -0.2) is 9.55 Å². The van der Waals surface area contributed by atoms with Gasteiger partial charge in [-0.05, 0) is 6.07 Å². The molecule has 0 amide bonds. The fourth-order valence-corrected chi connectivity index (χ4v) is 1.71. The van der Waals surface area contributed by atoms with Gasteiger partial charge in [-0.1, -0.05) is 29.3 Å². The molecule has 82 valence electrons. The van der Waals surface area contributed by atoms with Crippen LogP contribution >= 0.6 is 23.2 Å². The summed E-state index contributed by atoms with van der Waals surface area (Å²) in [5.41, 5.74) is 0.839. The average molecular weight is 255 g/mol. The zero-order valence-electron chi connectivity index (χ0n) is 8.23. The number of hydrogen-bond acceptors (Lipinski definition) is 2. The Balaban J connectivity index is 2.27. The maximum Gasteiger partial charge on any atom is 0.181 e. The SMILES string of the molecule is O=c1ccn(Cc2ccc(Cl)nc2Cl)cc1. The van der Waals surface area contributed by atoms with Crippen molar-refractivity contribution in [3.05, 3.63) is 62.8 Å². The Morgan fingerprint density at radius 3 is 2.44 bits per heavy atom. The first-order chi connectivity index (χ1) is 7.65. The molecule has 0 unspecified atom stereocenters. The molecule has 0 saturated heterocycles. The van der Waals surface area contributed by atoms with Gasteiger partial charge < -0.3 is 4.57 Å². The van der Waals surface area contributed by atoms with Gasteiger partial charge in [0.2, 0.25) is 0 Å². The van der Waals surface area contributed by atoms with Crippen LogP contribution in [0.4, 0.5) is 0 Å². The van der Waals surface area contributed by atoms with Gasteiger partial charge in [0.1, 0.15) is 10.3 Å². The minimum Gasteiger partial charge on any atom is -0.350 e. The maximum absolute atomic E-state index is 10.9. The van der Waals surface area contributed by atoms with Crippen LogP contribution in [-0.2, 0) is 6.54 Å². The fourth-order valence-electron chi connectivity index (χ4n) is 1.30. The topological polar surface area (TPSA) is 34.9 Å². The van der Waals surface area contributed by atoms with Crippen molar-refractivity contribution in [1.82, 2.24) is 9.55 Å². The van der Waals surface area contributed by atoms with Gasteiger partial charge in [-0.15, -0.1) is 0 Å². The molecule has 2 aromatic rings. The molecule has 0 aromatic carbocycles. The number of pyridine rings is 2. The van der Waals surface area contributed by atoms with Crippen LogP contribution in [0, 0.1) is 0 Å². The lowest BCUT2D eigenvalue weighted by Gasteiger charge is -2.07. The predicted octanol–water partition coefficient (Wildman–Crippen LogP) is 2.60. The lowest BCUT2D eigenvalue weighted by atomic mass is 10.3. The molecule has 16 heavy (non-hydrogen) atoms. The van der Waals surface area contributed by atoms with Gasteiger partial charge in [0, 0.05) is 30.1 Å². The second-order valence-corrected chi connectivity index (χ2v) is 4.04. The predicted molar refractivity (Wildman–Crippen MR) is 64.1 cm³/mol. The van der Waals surface area contributed by atoms with Gasteiger partial charge in [0.15, 0.2) is 5.43 Å². The van der Waals surface area contributed by atoms with E-state index in [1.54, 1.807) is 18.5 Å². The van der Waals surface area contributed by atoms with E-state index >= 15 is 0 Å². The zero-order chi connectivity index (χ0) is 11.5. The summed E-state index contributed by atoms with van der Waals surface area (Å²) in [6, 6.07) is 6.50. The van der Waals surface area contributed by atoms with Gasteiger partial charge in [0.05, 0.1) is 6.54 Å². The fraction of sp³-hybridized carbons (Fsp3) is 0.0909. The molecular formula is C11H8Cl2N2O. The summed E-state index contributed by atoms with van der Waals surface area (Å²) in [6.45, 7) is 0.559. The molecule has 0 radical (unpaired) electrons. The van der Waals surface area contributed by atoms with E-state index in [0.717, 1.165) is 5.56 Å². The summed E-state index contributed by atoms with van der Waals surface area (Å²) in [5, 5.41) is 0.750. The molecular weight excluding hydrogens is 247 g/mol. The standard InChI is InChI=1S/C11H8Cl2N2O/c12-10-2-1-8(11(13)14-10)7-15-5-3-9(16)4-6-15/h1-6H,7H2. The number of nitrogens with zero attached hydrogens (tertiary/aromatic N) is 2. The van der Waals surface area contributed by atoms with Crippen LogP contribution in [0.2, 0.25) is 10.3 Å². The Kier molecular flexibility index (Phi) is 3.27. The van der Waals surface area contributed by atoms with Crippen molar-refractivity contribution >= 4 is 23.2 Å². The summed E-state index contributed by atoms with van der Waals surface area (Å²) in [6.07, 6.45) is 3.40. The molecule has 0 fully saturated rings. The number of rotatable bonds is 2. The second kappa shape index (κ2) is 4.68.